The summed E-state index contributed by atoms with van der Waals surface area (Å²) in [6.45, 7) is 4.02. The largest absolute Gasteiger partial charge is 0.491 e. The van der Waals surface area contributed by atoms with Gasteiger partial charge in [-0.3, -0.25) is 0 Å². The smallest absolute Gasteiger partial charge is 0.217 e. The van der Waals surface area contributed by atoms with Gasteiger partial charge in [-0.15, -0.1) is 0 Å². The molecule has 1 fully saturated rings. The number of halogens is 2. The van der Waals surface area contributed by atoms with Crippen LogP contribution in [0.3, 0.4) is 0 Å². The fraction of sp³-hybridized carbons (Fsp3) is 0.320. The second kappa shape index (κ2) is 10.4. The van der Waals surface area contributed by atoms with Gasteiger partial charge in [-0.25, -0.2) is 14.6 Å². The Balaban J connectivity index is 1.28. The zero-order valence-electron chi connectivity index (χ0n) is 19.2. The molecule has 0 amide bonds. The zero-order valence-corrected chi connectivity index (χ0v) is 20.7. The van der Waals surface area contributed by atoms with Crippen LogP contribution in [0.4, 0.5) is 0 Å². The highest BCUT2D eigenvalue weighted by Crippen LogP contribution is 2.40. The highest BCUT2D eigenvalue weighted by molar-refractivity contribution is 6.35. The third kappa shape index (κ3) is 5.21. The predicted octanol–water partition coefficient (Wildman–Crippen LogP) is 5.21. The maximum Gasteiger partial charge on any atom is 0.217 e. The second-order valence-corrected chi connectivity index (χ2v) is 9.17. The summed E-state index contributed by atoms with van der Waals surface area (Å²) in [7, 11) is 0. The molecule has 0 bridgehead atoms. The topological polar surface area (TPSA) is 76.2 Å². The van der Waals surface area contributed by atoms with E-state index >= 15 is 0 Å². The molecule has 5 rings (SSSR count). The molecule has 2 aromatic carbocycles. The molecule has 0 unspecified atom stereocenters. The second-order valence-electron chi connectivity index (χ2n) is 8.33. The van der Waals surface area contributed by atoms with Crippen molar-refractivity contribution in [1.29, 1.82) is 0 Å². The Labute approximate surface area is 213 Å². The molecule has 0 N–H and O–H groups in total. The molecule has 1 aliphatic heterocycles. The Morgan fingerprint density at radius 2 is 1.97 bits per heavy atom. The first kappa shape index (κ1) is 23.8. The van der Waals surface area contributed by atoms with Crippen molar-refractivity contribution in [3.05, 3.63) is 83.3 Å². The fourth-order valence-corrected chi connectivity index (χ4v) is 4.73. The summed E-state index contributed by atoms with van der Waals surface area (Å²) < 4.78 is 22.4. The lowest BCUT2D eigenvalue weighted by molar-refractivity contribution is -0.190. The van der Waals surface area contributed by atoms with Crippen molar-refractivity contribution in [2.45, 2.75) is 38.3 Å². The lowest BCUT2D eigenvalue weighted by atomic mass is 10.1. The van der Waals surface area contributed by atoms with Gasteiger partial charge in [-0.1, -0.05) is 36.2 Å². The highest BCUT2D eigenvalue weighted by atomic mass is 35.5. The van der Waals surface area contributed by atoms with Gasteiger partial charge in [-0.2, -0.15) is 5.10 Å². The standard InChI is InChI=1S/C25H25Cl2N5O3/c1-2-9-31-16-28-11-24(31)18-3-6-20(7-4-18)33-12-21-13-34-25(35-21,14-32-17-29-15-30-32)22-8-5-19(26)10-23(22)27/h3-8,10-11,15-17,21H,2,9,12-14H2,1H3/t21-,25-/m1/s1. The van der Waals surface area contributed by atoms with Gasteiger partial charge in [0.05, 0.1) is 29.8 Å². The van der Waals surface area contributed by atoms with E-state index in [0.717, 1.165) is 30.0 Å². The molecule has 10 heteroatoms. The SMILES string of the molecule is CCCn1cncc1-c1ccc(OC[C@@H]2CO[C@@](Cn3cncn3)(c3ccc(Cl)cc3Cl)O2)cc1. The lowest BCUT2D eigenvalue weighted by Crippen LogP contribution is -2.35. The van der Waals surface area contributed by atoms with E-state index in [1.54, 1.807) is 23.1 Å². The van der Waals surface area contributed by atoms with Crippen LogP contribution in [0, 0.1) is 0 Å². The molecule has 1 aliphatic rings. The summed E-state index contributed by atoms with van der Waals surface area (Å²) in [4.78, 5) is 8.30. The Morgan fingerprint density at radius 3 is 2.71 bits per heavy atom. The molecular weight excluding hydrogens is 489 g/mol. The Hall–Kier alpha value is -2.91. The van der Waals surface area contributed by atoms with Crippen molar-refractivity contribution in [2.75, 3.05) is 13.2 Å². The van der Waals surface area contributed by atoms with Crippen LogP contribution < -0.4 is 4.74 Å². The van der Waals surface area contributed by atoms with Gasteiger partial charge in [0.25, 0.3) is 0 Å². The molecule has 3 heterocycles. The van der Waals surface area contributed by atoms with Crippen LogP contribution >= 0.6 is 23.2 Å². The molecule has 2 atom stereocenters. The van der Waals surface area contributed by atoms with Crippen LogP contribution in [0.1, 0.15) is 18.9 Å². The molecule has 182 valence electrons. The third-order valence-electron chi connectivity index (χ3n) is 5.80. The van der Waals surface area contributed by atoms with E-state index < -0.39 is 5.79 Å². The highest BCUT2D eigenvalue weighted by Gasteiger charge is 2.45. The van der Waals surface area contributed by atoms with Crippen LogP contribution in [-0.4, -0.2) is 43.6 Å². The minimum Gasteiger partial charge on any atom is -0.491 e. The monoisotopic (exact) mass is 513 g/mol. The summed E-state index contributed by atoms with van der Waals surface area (Å²) in [5.74, 6) is -0.387. The Bertz CT molecular complexity index is 1260. The number of benzene rings is 2. The van der Waals surface area contributed by atoms with E-state index in [1.807, 2.05) is 42.9 Å². The number of hydrogen-bond donors (Lipinski definition) is 0. The average molecular weight is 514 g/mol. The number of hydrogen-bond acceptors (Lipinski definition) is 6. The molecule has 1 saturated heterocycles. The van der Waals surface area contributed by atoms with E-state index in [4.69, 9.17) is 37.4 Å². The van der Waals surface area contributed by atoms with E-state index in [1.165, 1.54) is 6.33 Å². The van der Waals surface area contributed by atoms with E-state index in [0.29, 0.717) is 28.8 Å². The number of imidazole rings is 1. The predicted molar refractivity (Wildman–Crippen MR) is 132 cm³/mol. The van der Waals surface area contributed by atoms with Crippen LogP contribution in [0.25, 0.3) is 11.3 Å². The van der Waals surface area contributed by atoms with Crippen molar-refractivity contribution in [2.24, 2.45) is 0 Å². The summed E-state index contributed by atoms with van der Waals surface area (Å²) in [6.07, 6.45) is 7.55. The lowest BCUT2D eigenvalue weighted by Gasteiger charge is -2.29. The molecule has 35 heavy (non-hydrogen) atoms. The summed E-state index contributed by atoms with van der Waals surface area (Å²) in [5, 5.41) is 5.19. The van der Waals surface area contributed by atoms with Crippen LogP contribution in [0.2, 0.25) is 10.0 Å². The van der Waals surface area contributed by atoms with Gasteiger partial charge < -0.3 is 18.8 Å². The average Bonchev–Trinajstić information content (AvgIpc) is 3.61. The quantitative estimate of drug-likeness (QED) is 0.306. The van der Waals surface area contributed by atoms with E-state index in [2.05, 4.69) is 26.6 Å². The number of aryl methyl sites for hydroxylation is 1. The number of aromatic nitrogens is 5. The van der Waals surface area contributed by atoms with Crippen molar-refractivity contribution in [3.8, 4) is 17.0 Å². The van der Waals surface area contributed by atoms with Gasteiger partial charge in [0.15, 0.2) is 0 Å². The van der Waals surface area contributed by atoms with Gasteiger partial charge >= 0.3 is 0 Å². The molecule has 0 radical (unpaired) electrons. The van der Waals surface area contributed by atoms with Crippen molar-refractivity contribution < 1.29 is 14.2 Å². The van der Waals surface area contributed by atoms with Crippen molar-refractivity contribution in [3.63, 3.8) is 0 Å². The van der Waals surface area contributed by atoms with Crippen molar-refractivity contribution >= 4 is 23.2 Å². The summed E-state index contributed by atoms with van der Waals surface area (Å²) in [5.41, 5.74) is 2.85. The maximum atomic E-state index is 6.52. The minimum atomic E-state index is -1.13. The van der Waals surface area contributed by atoms with Crippen LogP contribution in [-0.2, 0) is 28.4 Å². The van der Waals surface area contributed by atoms with Gasteiger partial charge in [0.2, 0.25) is 5.79 Å². The Morgan fingerprint density at radius 1 is 1.11 bits per heavy atom. The summed E-state index contributed by atoms with van der Waals surface area (Å²) in [6, 6.07) is 13.2. The van der Waals surface area contributed by atoms with E-state index in [-0.39, 0.29) is 12.6 Å². The number of nitrogens with zero attached hydrogens (tertiary/aromatic N) is 5. The van der Waals surface area contributed by atoms with Crippen LogP contribution in [0.15, 0.2) is 67.6 Å². The summed E-state index contributed by atoms with van der Waals surface area (Å²) >= 11 is 12.6. The molecule has 0 spiro atoms. The first-order valence-corrected chi connectivity index (χ1v) is 12.1. The zero-order chi connectivity index (χ0) is 24.3. The first-order chi connectivity index (χ1) is 17.1. The van der Waals surface area contributed by atoms with Gasteiger partial charge in [-0.05, 0) is 42.8 Å². The molecule has 0 saturated carbocycles. The molecule has 2 aromatic heterocycles. The fourth-order valence-electron chi connectivity index (χ4n) is 4.17. The normalized spacial score (nSPS) is 19.8. The first-order valence-electron chi connectivity index (χ1n) is 11.4. The van der Waals surface area contributed by atoms with E-state index in [9.17, 15) is 0 Å². The maximum absolute atomic E-state index is 6.52. The number of rotatable bonds is 9. The molecule has 4 aromatic rings. The Kier molecular flexibility index (Phi) is 7.06. The molecule has 8 nitrogen and oxygen atoms in total. The van der Waals surface area contributed by atoms with Gasteiger partial charge in [0, 0.05) is 22.7 Å². The minimum absolute atomic E-state index is 0.283. The van der Waals surface area contributed by atoms with Crippen LogP contribution in [0.5, 0.6) is 5.75 Å². The van der Waals surface area contributed by atoms with Gasteiger partial charge in [0.1, 0.15) is 37.7 Å². The number of ether oxygens (including phenoxy) is 3. The molecular formula is C25H25Cl2N5O3. The van der Waals surface area contributed by atoms with Crippen molar-refractivity contribution in [1.82, 2.24) is 24.3 Å². The third-order valence-corrected chi connectivity index (χ3v) is 6.35. The molecule has 0 aliphatic carbocycles.